The molecule has 0 aromatic heterocycles. The molecule has 21 heavy (non-hydrogen) atoms. The lowest BCUT2D eigenvalue weighted by Crippen LogP contribution is -2.59. The molecule has 2 amide bonds. The molecule has 118 valence electrons. The van der Waals surface area contributed by atoms with Gasteiger partial charge in [-0.1, -0.05) is 0 Å². The Morgan fingerprint density at radius 1 is 1.29 bits per heavy atom. The fourth-order valence-corrected chi connectivity index (χ4v) is 2.86. The van der Waals surface area contributed by atoms with E-state index in [2.05, 4.69) is 10.6 Å². The number of hydrogen-bond acceptors (Lipinski definition) is 5. The summed E-state index contributed by atoms with van der Waals surface area (Å²) >= 11 is 0. The zero-order valence-corrected chi connectivity index (χ0v) is 12.4. The van der Waals surface area contributed by atoms with Crippen molar-refractivity contribution >= 4 is 17.8 Å². The molecule has 0 radical (unpaired) electrons. The van der Waals surface area contributed by atoms with Gasteiger partial charge in [0.1, 0.15) is 6.04 Å². The maximum absolute atomic E-state index is 12.6. The van der Waals surface area contributed by atoms with Crippen LogP contribution in [-0.2, 0) is 19.1 Å². The molecule has 7 nitrogen and oxygen atoms in total. The van der Waals surface area contributed by atoms with Gasteiger partial charge in [-0.25, -0.2) is 0 Å². The summed E-state index contributed by atoms with van der Waals surface area (Å²) < 4.78 is 4.90. The number of esters is 1. The Balaban J connectivity index is 2.04. The number of piperazine rings is 1. The fraction of sp³-hybridized carbons (Fsp3) is 0.786. The molecule has 1 atom stereocenters. The van der Waals surface area contributed by atoms with E-state index in [4.69, 9.17) is 4.74 Å². The molecule has 2 aliphatic rings. The second kappa shape index (κ2) is 7.40. The summed E-state index contributed by atoms with van der Waals surface area (Å²) in [5, 5.41) is 5.93. The third kappa shape index (κ3) is 3.93. The highest BCUT2D eigenvalue weighted by Crippen LogP contribution is 2.19. The average Bonchev–Trinajstić information content (AvgIpc) is 2.50. The highest BCUT2D eigenvalue weighted by molar-refractivity contribution is 5.92. The van der Waals surface area contributed by atoms with Crippen LogP contribution < -0.4 is 10.6 Å². The van der Waals surface area contributed by atoms with Gasteiger partial charge >= 0.3 is 5.97 Å². The molecule has 7 heteroatoms. The molecule has 0 aromatic carbocycles. The van der Waals surface area contributed by atoms with Crippen LogP contribution in [0, 0.1) is 5.92 Å². The molecular formula is C14H23N3O4. The van der Waals surface area contributed by atoms with E-state index in [1.807, 2.05) is 0 Å². The Labute approximate surface area is 124 Å². The van der Waals surface area contributed by atoms with Gasteiger partial charge in [0.15, 0.2) is 0 Å². The summed E-state index contributed by atoms with van der Waals surface area (Å²) in [6.45, 7) is 4.53. The summed E-state index contributed by atoms with van der Waals surface area (Å²) in [5.74, 6) is -0.776. The van der Waals surface area contributed by atoms with E-state index < -0.39 is 12.0 Å². The van der Waals surface area contributed by atoms with E-state index >= 15 is 0 Å². The minimum atomic E-state index is -0.736. The van der Waals surface area contributed by atoms with Gasteiger partial charge in [-0.3, -0.25) is 14.4 Å². The molecule has 2 saturated heterocycles. The van der Waals surface area contributed by atoms with E-state index in [0.29, 0.717) is 13.1 Å². The minimum Gasteiger partial charge on any atom is -0.466 e. The van der Waals surface area contributed by atoms with Crippen molar-refractivity contribution in [3.8, 4) is 0 Å². The average molecular weight is 297 g/mol. The lowest BCUT2D eigenvalue weighted by molar-refractivity contribution is -0.153. The molecule has 2 rings (SSSR count). The van der Waals surface area contributed by atoms with Crippen molar-refractivity contribution in [2.24, 2.45) is 5.92 Å². The van der Waals surface area contributed by atoms with Gasteiger partial charge in [0.25, 0.3) is 0 Å². The first-order valence-corrected chi connectivity index (χ1v) is 7.58. The van der Waals surface area contributed by atoms with Gasteiger partial charge in [0.2, 0.25) is 11.8 Å². The van der Waals surface area contributed by atoms with Gasteiger partial charge in [-0.2, -0.15) is 0 Å². The zero-order valence-electron chi connectivity index (χ0n) is 12.4. The third-order valence-corrected chi connectivity index (χ3v) is 3.97. The quantitative estimate of drug-likeness (QED) is 0.668. The number of nitrogens with one attached hydrogen (secondary N) is 2. The molecule has 1 unspecified atom stereocenters. The molecule has 0 spiro atoms. The number of carbonyl (C=O) groups excluding carboxylic acids is 3. The molecule has 2 heterocycles. The molecule has 2 fully saturated rings. The SMILES string of the molecule is CCOC(=O)CC1C(=O)NCCN1C(=O)C1CCNCC1. The standard InChI is InChI=1S/C14H23N3O4/c1-2-21-12(18)9-11-13(19)16-7-8-17(11)14(20)10-3-5-15-6-4-10/h10-11,15H,2-9H2,1H3,(H,16,19). The lowest BCUT2D eigenvalue weighted by Gasteiger charge is -2.37. The van der Waals surface area contributed by atoms with Crippen LogP contribution in [0.1, 0.15) is 26.2 Å². The predicted molar refractivity (Wildman–Crippen MR) is 75.4 cm³/mol. The van der Waals surface area contributed by atoms with Crippen LogP contribution in [0.2, 0.25) is 0 Å². The van der Waals surface area contributed by atoms with Gasteiger partial charge < -0.3 is 20.3 Å². The maximum atomic E-state index is 12.6. The molecule has 0 aromatic rings. The van der Waals surface area contributed by atoms with E-state index in [-0.39, 0.29) is 30.8 Å². The first-order chi connectivity index (χ1) is 10.1. The number of carbonyl (C=O) groups is 3. The highest BCUT2D eigenvalue weighted by Gasteiger charge is 2.37. The Kier molecular flexibility index (Phi) is 5.55. The monoisotopic (exact) mass is 297 g/mol. The molecular weight excluding hydrogens is 274 g/mol. The summed E-state index contributed by atoms with van der Waals surface area (Å²) in [7, 11) is 0. The van der Waals surface area contributed by atoms with Crippen molar-refractivity contribution in [2.45, 2.75) is 32.2 Å². The van der Waals surface area contributed by atoms with Gasteiger partial charge in [-0.05, 0) is 32.9 Å². The minimum absolute atomic E-state index is 0.0133. The second-order valence-electron chi connectivity index (χ2n) is 5.37. The van der Waals surface area contributed by atoms with Crippen molar-refractivity contribution in [2.75, 3.05) is 32.8 Å². The van der Waals surface area contributed by atoms with Crippen LogP contribution in [0.4, 0.5) is 0 Å². The van der Waals surface area contributed by atoms with Crippen molar-refractivity contribution in [1.29, 1.82) is 0 Å². The van der Waals surface area contributed by atoms with Gasteiger partial charge in [-0.15, -0.1) is 0 Å². The molecule has 2 N–H and O–H groups in total. The Bertz CT molecular complexity index is 407. The summed E-state index contributed by atoms with van der Waals surface area (Å²) in [6.07, 6.45) is 1.49. The summed E-state index contributed by atoms with van der Waals surface area (Å²) in [4.78, 5) is 37.8. The number of amides is 2. The van der Waals surface area contributed by atoms with Gasteiger partial charge in [0, 0.05) is 19.0 Å². The Morgan fingerprint density at radius 2 is 2.00 bits per heavy atom. The van der Waals surface area contributed by atoms with Crippen LogP contribution in [0.25, 0.3) is 0 Å². The predicted octanol–water partition coefficient (Wildman–Crippen LogP) is -0.734. The van der Waals surface area contributed by atoms with Crippen molar-refractivity contribution < 1.29 is 19.1 Å². The Hall–Kier alpha value is -1.63. The normalized spacial score (nSPS) is 23.6. The fourth-order valence-electron chi connectivity index (χ4n) is 2.86. The largest absolute Gasteiger partial charge is 0.466 e. The second-order valence-corrected chi connectivity index (χ2v) is 5.37. The van der Waals surface area contributed by atoms with Crippen LogP contribution in [0.3, 0.4) is 0 Å². The van der Waals surface area contributed by atoms with Gasteiger partial charge in [0.05, 0.1) is 13.0 Å². The van der Waals surface area contributed by atoms with E-state index in [1.54, 1.807) is 11.8 Å². The topological polar surface area (TPSA) is 87.7 Å². The molecule has 2 aliphatic heterocycles. The third-order valence-electron chi connectivity index (χ3n) is 3.97. The first kappa shape index (κ1) is 15.8. The maximum Gasteiger partial charge on any atom is 0.308 e. The zero-order chi connectivity index (χ0) is 15.2. The molecule has 0 bridgehead atoms. The number of hydrogen-bond donors (Lipinski definition) is 2. The number of rotatable bonds is 4. The molecule has 0 saturated carbocycles. The number of piperidine rings is 1. The summed E-state index contributed by atoms with van der Waals surface area (Å²) in [6, 6.07) is -0.736. The molecule has 0 aliphatic carbocycles. The highest BCUT2D eigenvalue weighted by atomic mass is 16.5. The van der Waals surface area contributed by atoms with Crippen LogP contribution in [0.5, 0.6) is 0 Å². The van der Waals surface area contributed by atoms with E-state index in [0.717, 1.165) is 25.9 Å². The smallest absolute Gasteiger partial charge is 0.308 e. The summed E-state index contributed by atoms with van der Waals surface area (Å²) in [5.41, 5.74) is 0. The van der Waals surface area contributed by atoms with Crippen molar-refractivity contribution in [3.63, 3.8) is 0 Å². The lowest BCUT2D eigenvalue weighted by atomic mass is 9.95. The Morgan fingerprint density at radius 3 is 2.67 bits per heavy atom. The number of nitrogens with zero attached hydrogens (tertiary/aromatic N) is 1. The number of ether oxygens (including phenoxy) is 1. The van der Waals surface area contributed by atoms with E-state index in [9.17, 15) is 14.4 Å². The van der Waals surface area contributed by atoms with Crippen LogP contribution in [-0.4, -0.2) is 61.5 Å². The first-order valence-electron chi connectivity index (χ1n) is 7.58. The van der Waals surface area contributed by atoms with Crippen molar-refractivity contribution in [1.82, 2.24) is 15.5 Å². The van der Waals surface area contributed by atoms with E-state index in [1.165, 1.54) is 0 Å². The van der Waals surface area contributed by atoms with Crippen molar-refractivity contribution in [3.05, 3.63) is 0 Å². The van der Waals surface area contributed by atoms with Crippen LogP contribution >= 0.6 is 0 Å². The van der Waals surface area contributed by atoms with Crippen LogP contribution in [0.15, 0.2) is 0 Å².